The number of amides is 1. The Hall–Kier alpha value is -1.36. The average Bonchev–Trinajstić information content (AvgIpc) is 2.65. The van der Waals surface area contributed by atoms with Crippen LogP contribution in [0.1, 0.15) is 20.8 Å². The van der Waals surface area contributed by atoms with E-state index in [9.17, 15) is 4.79 Å². The molecular weight excluding hydrogens is 204 g/mol. The number of carbonyl (C=O) groups is 1. The number of nitrogens with zero attached hydrogens (tertiary/aromatic N) is 3. The first-order valence-electron chi connectivity index (χ1n) is 5.62. The third-order valence-electron chi connectivity index (χ3n) is 2.90. The maximum atomic E-state index is 11.6. The lowest BCUT2D eigenvalue weighted by Gasteiger charge is -2.42. The molecule has 16 heavy (non-hydrogen) atoms. The monoisotopic (exact) mass is 222 g/mol. The second-order valence-corrected chi connectivity index (χ2v) is 4.79. The van der Waals surface area contributed by atoms with E-state index in [2.05, 4.69) is 18.9 Å². The van der Waals surface area contributed by atoms with E-state index in [1.54, 1.807) is 11.1 Å². The zero-order chi connectivity index (χ0) is 11.9. The topological polar surface area (TPSA) is 64.2 Å². The number of anilines is 1. The first-order valence-corrected chi connectivity index (χ1v) is 5.62. The zero-order valence-corrected chi connectivity index (χ0v) is 9.92. The normalized spacial score (nSPS) is 25.1. The van der Waals surface area contributed by atoms with Crippen molar-refractivity contribution in [2.75, 3.05) is 4.90 Å². The predicted octanol–water partition coefficient (Wildman–Crippen LogP) is 0.602. The largest absolute Gasteiger partial charge is 0.318 e. The van der Waals surface area contributed by atoms with E-state index in [-0.39, 0.29) is 18.0 Å². The van der Waals surface area contributed by atoms with Crippen LogP contribution in [0.15, 0.2) is 12.4 Å². The maximum absolute atomic E-state index is 11.6. The van der Waals surface area contributed by atoms with Crippen LogP contribution in [0.2, 0.25) is 0 Å². The first kappa shape index (κ1) is 11.1. The molecule has 1 aliphatic heterocycles. The van der Waals surface area contributed by atoms with Crippen molar-refractivity contribution < 1.29 is 4.79 Å². The molecule has 1 aromatic rings. The van der Waals surface area contributed by atoms with Crippen molar-refractivity contribution in [1.82, 2.24) is 9.78 Å². The van der Waals surface area contributed by atoms with E-state index < -0.39 is 0 Å². The lowest BCUT2D eigenvalue weighted by atomic mass is 9.97. The Labute approximate surface area is 95.2 Å². The smallest absolute Gasteiger partial charge is 0.246 e. The van der Waals surface area contributed by atoms with Gasteiger partial charge < -0.3 is 10.6 Å². The van der Waals surface area contributed by atoms with E-state index in [4.69, 9.17) is 5.73 Å². The molecule has 0 unspecified atom stereocenters. The highest BCUT2D eigenvalue weighted by Crippen LogP contribution is 2.26. The standard InChI is InChI=1S/C11H18N4O/c1-7(2)5-14-6-9(4-13-14)15-8(3)10(12)11(15)16/h4,6-8,10H,5,12H2,1-3H3/t8-,10-/m1/s1. The van der Waals surface area contributed by atoms with Crippen LogP contribution in [0.25, 0.3) is 0 Å². The van der Waals surface area contributed by atoms with Crippen molar-refractivity contribution in [1.29, 1.82) is 0 Å². The molecule has 0 spiro atoms. The minimum atomic E-state index is -0.353. The fraction of sp³-hybridized carbons (Fsp3) is 0.636. The summed E-state index contributed by atoms with van der Waals surface area (Å²) in [4.78, 5) is 13.3. The molecule has 2 N–H and O–H groups in total. The summed E-state index contributed by atoms with van der Waals surface area (Å²) >= 11 is 0. The van der Waals surface area contributed by atoms with Gasteiger partial charge in [0, 0.05) is 12.7 Å². The number of aromatic nitrogens is 2. The highest BCUT2D eigenvalue weighted by molar-refractivity contribution is 6.05. The van der Waals surface area contributed by atoms with Gasteiger partial charge in [-0.1, -0.05) is 13.8 Å². The van der Waals surface area contributed by atoms with Gasteiger partial charge in [-0.05, 0) is 12.8 Å². The van der Waals surface area contributed by atoms with Gasteiger partial charge in [0.15, 0.2) is 0 Å². The number of β-lactam (4-membered cyclic amide) rings is 1. The number of carbonyl (C=O) groups excluding carboxylic acids is 1. The third kappa shape index (κ3) is 1.71. The molecule has 0 radical (unpaired) electrons. The molecule has 1 saturated heterocycles. The molecule has 1 fully saturated rings. The Morgan fingerprint density at radius 3 is 2.81 bits per heavy atom. The lowest BCUT2D eigenvalue weighted by molar-refractivity contribution is -0.125. The van der Waals surface area contributed by atoms with Gasteiger partial charge in [-0.2, -0.15) is 5.10 Å². The molecule has 0 saturated carbocycles. The molecule has 0 aromatic carbocycles. The molecule has 2 rings (SSSR count). The summed E-state index contributed by atoms with van der Waals surface area (Å²) in [5.74, 6) is 0.524. The zero-order valence-electron chi connectivity index (χ0n) is 9.92. The van der Waals surface area contributed by atoms with Crippen molar-refractivity contribution in [2.24, 2.45) is 11.7 Å². The van der Waals surface area contributed by atoms with Crippen molar-refractivity contribution in [3.05, 3.63) is 12.4 Å². The van der Waals surface area contributed by atoms with E-state index in [1.165, 1.54) is 0 Å². The number of hydrogen-bond acceptors (Lipinski definition) is 3. The van der Waals surface area contributed by atoms with Gasteiger partial charge in [-0.3, -0.25) is 9.48 Å². The fourth-order valence-electron chi connectivity index (χ4n) is 1.96. The minimum absolute atomic E-state index is 0.0170. The van der Waals surface area contributed by atoms with Crippen LogP contribution in [0.5, 0.6) is 0 Å². The van der Waals surface area contributed by atoms with Crippen LogP contribution in [0, 0.1) is 5.92 Å². The van der Waals surface area contributed by atoms with Crippen LogP contribution < -0.4 is 10.6 Å². The van der Waals surface area contributed by atoms with E-state index in [1.807, 2.05) is 17.8 Å². The molecule has 2 heterocycles. The van der Waals surface area contributed by atoms with Gasteiger partial charge in [0.05, 0.1) is 17.9 Å². The van der Waals surface area contributed by atoms with Crippen LogP contribution in [0.4, 0.5) is 5.69 Å². The van der Waals surface area contributed by atoms with E-state index in [0.29, 0.717) is 5.92 Å². The van der Waals surface area contributed by atoms with Gasteiger partial charge in [0.2, 0.25) is 5.91 Å². The van der Waals surface area contributed by atoms with E-state index in [0.717, 1.165) is 12.2 Å². The van der Waals surface area contributed by atoms with Crippen molar-refractivity contribution in [3.63, 3.8) is 0 Å². The Balaban J connectivity index is 2.11. The summed E-state index contributed by atoms with van der Waals surface area (Å²) in [6, 6.07) is -0.280. The van der Waals surface area contributed by atoms with Crippen molar-refractivity contribution >= 4 is 11.6 Å². The minimum Gasteiger partial charge on any atom is -0.318 e. The number of rotatable bonds is 3. The van der Waals surface area contributed by atoms with Crippen LogP contribution >= 0.6 is 0 Å². The summed E-state index contributed by atoms with van der Waals surface area (Å²) < 4.78 is 1.86. The van der Waals surface area contributed by atoms with E-state index >= 15 is 0 Å². The lowest BCUT2D eigenvalue weighted by Crippen LogP contribution is -2.67. The molecule has 88 valence electrons. The summed E-state index contributed by atoms with van der Waals surface area (Å²) in [7, 11) is 0. The second kappa shape index (κ2) is 3.90. The molecule has 5 heteroatoms. The average molecular weight is 222 g/mol. The molecule has 0 aliphatic carbocycles. The molecule has 1 aromatic heterocycles. The molecule has 1 aliphatic rings. The Kier molecular flexibility index (Phi) is 2.71. The van der Waals surface area contributed by atoms with Gasteiger partial charge in [0.25, 0.3) is 0 Å². The van der Waals surface area contributed by atoms with Crippen LogP contribution in [0.3, 0.4) is 0 Å². The van der Waals surface area contributed by atoms with Gasteiger partial charge in [0.1, 0.15) is 6.04 Å². The molecule has 0 bridgehead atoms. The molecular formula is C11H18N4O. The Bertz CT molecular complexity index is 398. The summed E-state index contributed by atoms with van der Waals surface area (Å²) in [6.45, 7) is 7.08. The summed E-state index contributed by atoms with van der Waals surface area (Å²) in [6.07, 6.45) is 3.63. The van der Waals surface area contributed by atoms with Crippen molar-refractivity contribution in [3.8, 4) is 0 Å². The van der Waals surface area contributed by atoms with Crippen molar-refractivity contribution in [2.45, 2.75) is 39.4 Å². The summed E-state index contributed by atoms with van der Waals surface area (Å²) in [5.41, 5.74) is 6.51. The van der Waals surface area contributed by atoms with Gasteiger partial charge in [-0.15, -0.1) is 0 Å². The quantitative estimate of drug-likeness (QED) is 0.762. The molecule has 5 nitrogen and oxygen atoms in total. The highest BCUT2D eigenvalue weighted by Gasteiger charge is 2.43. The molecule has 1 amide bonds. The third-order valence-corrected chi connectivity index (χ3v) is 2.90. The highest BCUT2D eigenvalue weighted by atomic mass is 16.2. The fourth-order valence-corrected chi connectivity index (χ4v) is 1.96. The maximum Gasteiger partial charge on any atom is 0.246 e. The van der Waals surface area contributed by atoms with Crippen LogP contribution in [-0.4, -0.2) is 27.8 Å². The number of nitrogens with two attached hydrogens (primary N) is 1. The Morgan fingerprint density at radius 2 is 2.25 bits per heavy atom. The van der Waals surface area contributed by atoms with Gasteiger partial charge >= 0.3 is 0 Å². The first-order chi connectivity index (χ1) is 7.50. The van der Waals surface area contributed by atoms with Crippen LogP contribution in [-0.2, 0) is 11.3 Å². The molecule has 2 atom stereocenters. The Morgan fingerprint density at radius 1 is 1.56 bits per heavy atom. The predicted molar refractivity (Wildman–Crippen MR) is 62.0 cm³/mol. The SMILES string of the molecule is CC(C)Cn1cc(N2C(=O)[C@H](N)[C@H]2C)cn1. The number of hydrogen-bond donors (Lipinski definition) is 1. The van der Waals surface area contributed by atoms with Gasteiger partial charge in [-0.25, -0.2) is 0 Å². The summed E-state index contributed by atoms with van der Waals surface area (Å²) in [5, 5.41) is 4.24. The second-order valence-electron chi connectivity index (χ2n) is 4.79.